The lowest BCUT2D eigenvalue weighted by Crippen LogP contribution is -2.56. The molecule has 6 rings (SSSR count). The molecule has 5 heterocycles. The predicted molar refractivity (Wildman–Crippen MR) is 119 cm³/mol. The average molecular weight is 443 g/mol. The third-order valence-electron chi connectivity index (χ3n) is 6.51. The Morgan fingerprint density at radius 1 is 1.20 bits per heavy atom. The first kappa shape index (κ1) is 19.9. The van der Waals surface area contributed by atoms with Crippen molar-refractivity contribution in [2.75, 3.05) is 19.6 Å². The van der Waals surface area contributed by atoms with Crippen molar-refractivity contribution in [2.24, 2.45) is 13.0 Å². The zero-order valence-electron chi connectivity index (χ0n) is 16.9. The number of thiophene rings is 1. The van der Waals surface area contributed by atoms with Crippen molar-refractivity contribution in [3.8, 4) is 10.6 Å². The van der Waals surface area contributed by atoms with Gasteiger partial charge in [-0.1, -0.05) is 24.3 Å². The number of nitrogens with zero attached hydrogens (tertiary/aromatic N) is 3. The van der Waals surface area contributed by atoms with Crippen LogP contribution in [0.15, 0.2) is 58.8 Å². The van der Waals surface area contributed by atoms with E-state index in [0.717, 1.165) is 31.6 Å². The molecule has 0 saturated carbocycles. The van der Waals surface area contributed by atoms with Gasteiger partial charge in [0.2, 0.25) is 10.0 Å². The summed E-state index contributed by atoms with van der Waals surface area (Å²) < 4.78 is 30.0. The Morgan fingerprint density at radius 3 is 2.73 bits per heavy atom. The number of hydrogen-bond acceptors (Lipinski definition) is 5. The molecule has 4 unspecified atom stereocenters. The van der Waals surface area contributed by atoms with Crippen molar-refractivity contribution in [3.05, 3.63) is 59.6 Å². The molecular weight excluding hydrogens is 416 g/mol. The van der Waals surface area contributed by atoms with E-state index in [9.17, 15) is 8.42 Å². The summed E-state index contributed by atoms with van der Waals surface area (Å²) in [5.74, 6) is 1.01. The van der Waals surface area contributed by atoms with E-state index in [-0.39, 0.29) is 6.04 Å². The fourth-order valence-corrected chi connectivity index (χ4v) is 6.72. The molecule has 2 bridgehead atoms. The molecule has 3 saturated heterocycles. The predicted octanol–water partition coefficient (Wildman–Crippen LogP) is 3.30. The number of nitrogens with one attached hydrogen (secondary N) is 1. The largest absolute Gasteiger partial charge is 0.298 e. The van der Waals surface area contributed by atoms with Gasteiger partial charge in [0.1, 0.15) is 5.69 Å². The van der Waals surface area contributed by atoms with Gasteiger partial charge in [0.25, 0.3) is 0 Å². The van der Waals surface area contributed by atoms with Crippen molar-refractivity contribution < 1.29 is 8.42 Å². The Hall–Kier alpha value is -2.00. The second-order valence-corrected chi connectivity index (χ2v) is 11.0. The number of benzene rings is 1. The number of fused-ring (bicyclic) bond motifs is 3. The van der Waals surface area contributed by atoms with Gasteiger partial charge < -0.3 is 0 Å². The molecule has 0 radical (unpaired) electrons. The molecule has 158 valence electrons. The summed E-state index contributed by atoms with van der Waals surface area (Å²) in [6, 6.07) is 15.3. The first-order valence-corrected chi connectivity index (χ1v) is 12.7. The quantitative estimate of drug-likeness (QED) is 0.636. The SMILES string of the molecule is Cn1nc(-c2cccs2)cc1C1CN2CCC1CC2CNS(=O)(=O)c1ccccc1. The molecule has 3 aromatic rings. The van der Waals surface area contributed by atoms with E-state index in [0.29, 0.717) is 23.3 Å². The molecular formula is C22H26N4O2S2. The van der Waals surface area contributed by atoms with Gasteiger partial charge in [-0.3, -0.25) is 9.58 Å². The molecule has 0 aliphatic carbocycles. The van der Waals surface area contributed by atoms with E-state index in [1.807, 2.05) is 17.8 Å². The van der Waals surface area contributed by atoms with Gasteiger partial charge in [-0.2, -0.15) is 5.10 Å². The molecule has 3 fully saturated rings. The number of aryl methyl sites for hydroxylation is 1. The molecule has 8 heteroatoms. The summed E-state index contributed by atoms with van der Waals surface area (Å²) in [5, 5.41) is 6.83. The molecule has 6 nitrogen and oxygen atoms in total. The summed E-state index contributed by atoms with van der Waals surface area (Å²) in [5.41, 5.74) is 2.34. The number of sulfonamides is 1. The summed E-state index contributed by atoms with van der Waals surface area (Å²) >= 11 is 1.72. The van der Waals surface area contributed by atoms with Crippen LogP contribution in [-0.4, -0.2) is 48.8 Å². The monoisotopic (exact) mass is 442 g/mol. The Balaban J connectivity index is 1.28. The fourth-order valence-electron chi connectivity index (χ4n) is 4.95. The summed E-state index contributed by atoms with van der Waals surface area (Å²) in [7, 11) is -1.42. The lowest BCUT2D eigenvalue weighted by atomic mass is 9.74. The molecule has 1 N–H and O–H groups in total. The molecule has 3 aliphatic rings. The van der Waals surface area contributed by atoms with Crippen molar-refractivity contribution in [2.45, 2.75) is 29.7 Å². The highest BCUT2D eigenvalue weighted by Crippen LogP contribution is 2.42. The Kier molecular flexibility index (Phi) is 5.26. The van der Waals surface area contributed by atoms with E-state index in [2.05, 4.69) is 33.2 Å². The maximum Gasteiger partial charge on any atom is 0.240 e. The normalized spacial score (nSPS) is 26.2. The molecule has 0 amide bonds. The molecule has 1 aromatic carbocycles. The van der Waals surface area contributed by atoms with Crippen molar-refractivity contribution in [1.82, 2.24) is 19.4 Å². The number of aromatic nitrogens is 2. The van der Waals surface area contributed by atoms with Gasteiger partial charge >= 0.3 is 0 Å². The lowest BCUT2D eigenvalue weighted by molar-refractivity contribution is 0.0306. The second-order valence-electron chi connectivity index (χ2n) is 8.26. The molecule has 0 spiro atoms. The smallest absolute Gasteiger partial charge is 0.240 e. The average Bonchev–Trinajstić information content (AvgIpc) is 3.43. The van der Waals surface area contributed by atoms with Crippen LogP contribution in [0.25, 0.3) is 10.6 Å². The highest BCUT2D eigenvalue weighted by atomic mass is 32.2. The number of rotatable bonds is 6. The van der Waals surface area contributed by atoms with Crippen molar-refractivity contribution in [3.63, 3.8) is 0 Å². The van der Waals surface area contributed by atoms with Crippen LogP contribution in [-0.2, 0) is 17.1 Å². The molecule has 4 atom stereocenters. The fraction of sp³-hybridized carbons (Fsp3) is 0.409. The van der Waals surface area contributed by atoms with Crippen LogP contribution < -0.4 is 4.72 Å². The Bertz CT molecular complexity index is 1110. The minimum absolute atomic E-state index is 0.253. The van der Waals surface area contributed by atoms with Gasteiger partial charge in [0.05, 0.1) is 9.77 Å². The second kappa shape index (κ2) is 7.92. The van der Waals surface area contributed by atoms with Gasteiger partial charge in [-0.25, -0.2) is 13.1 Å². The van der Waals surface area contributed by atoms with E-state index < -0.39 is 10.0 Å². The number of piperidine rings is 3. The first-order chi connectivity index (χ1) is 14.5. The molecule has 3 aliphatic heterocycles. The highest BCUT2D eigenvalue weighted by molar-refractivity contribution is 7.89. The molecule has 2 aromatic heterocycles. The van der Waals surface area contributed by atoms with E-state index in [1.165, 1.54) is 10.6 Å². The minimum atomic E-state index is -3.46. The summed E-state index contributed by atoms with van der Waals surface area (Å²) in [6.45, 7) is 2.46. The lowest BCUT2D eigenvalue weighted by Gasteiger charge is -2.49. The first-order valence-electron chi connectivity index (χ1n) is 10.4. The summed E-state index contributed by atoms with van der Waals surface area (Å²) in [6.07, 6.45) is 2.17. The van der Waals surface area contributed by atoms with E-state index >= 15 is 0 Å². The van der Waals surface area contributed by atoms with E-state index in [4.69, 9.17) is 5.10 Å². The van der Waals surface area contributed by atoms with Crippen LogP contribution in [0.3, 0.4) is 0 Å². The zero-order valence-corrected chi connectivity index (χ0v) is 18.6. The highest BCUT2D eigenvalue weighted by Gasteiger charge is 2.42. The molecule has 30 heavy (non-hydrogen) atoms. The van der Waals surface area contributed by atoms with Crippen LogP contribution in [0.2, 0.25) is 0 Å². The number of hydrogen-bond donors (Lipinski definition) is 1. The Labute approximate surface area is 181 Å². The van der Waals surface area contributed by atoms with Gasteiger partial charge in [-0.15, -0.1) is 11.3 Å². The Morgan fingerprint density at radius 2 is 2.03 bits per heavy atom. The van der Waals surface area contributed by atoms with Crippen LogP contribution in [0.1, 0.15) is 24.5 Å². The topological polar surface area (TPSA) is 67.2 Å². The van der Waals surface area contributed by atoms with Crippen LogP contribution in [0, 0.1) is 5.92 Å². The van der Waals surface area contributed by atoms with Crippen LogP contribution in [0.4, 0.5) is 0 Å². The maximum atomic E-state index is 12.6. The standard InChI is InChI=1S/C22H26N4O2S2/c1-25-21(13-20(24-25)22-8-5-11-29-22)19-15-26-10-9-16(19)12-17(26)14-23-30(27,28)18-6-3-2-4-7-18/h2-8,11,13,16-17,19,23H,9-10,12,14-15H2,1H3. The van der Waals surface area contributed by atoms with Crippen molar-refractivity contribution >= 4 is 21.4 Å². The van der Waals surface area contributed by atoms with Gasteiger partial charge in [-0.05, 0) is 54.9 Å². The minimum Gasteiger partial charge on any atom is -0.298 e. The maximum absolute atomic E-state index is 12.6. The van der Waals surface area contributed by atoms with Crippen molar-refractivity contribution in [1.29, 1.82) is 0 Å². The van der Waals surface area contributed by atoms with Crippen LogP contribution in [0.5, 0.6) is 0 Å². The van der Waals surface area contributed by atoms with Gasteiger partial charge in [0.15, 0.2) is 0 Å². The van der Waals surface area contributed by atoms with E-state index in [1.54, 1.807) is 35.6 Å². The third-order valence-corrected chi connectivity index (χ3v) is 8.84. The van der Waals surface area contributed by atoms with Crippen LogP contribution >= 0.6 is 11.3 Å². The third kappa shape index (κ3) is 3.73. The summed E-state index contributed by atoms with van der Waals surface area (Å²) in [4.78, 5) is 3.98. The van der Waals surface area contributed by atoms with Gasteiger partial charge in [0, 0.05) is 37.8 Å². The zero-order chi connectivity index (χ0) is 20.7.